The molecule has 1 aromatic heterocycles. The molecule has 3 heterocycles. The van der Waals surface area contributed by atoms with Gasteiger partial charge in [-0.3, -0.25) is 4.79 Å². The molecular formula is C26H29N3O7S. The Kier molecular flexibility index (Phi) is 6.96. The van der Waals surface area contributed by atoms with E-state index in [2.05, 4.69) is 4.98 Å². The molecule has 1 saturated heterocycles. The van der Waals surface area contributed by atoms with Crippen LogP contribution in [0.1, 0.15) is 26.2 Å². The van der Waals surface area contributed by atoms with Gasteiger partial charge in [-0.1, -0.05) is 6.92 Å². The number of rotatable bonds is 8. The molecule has 1 fully saturated rings. The highest BCUT2D eigenvalue weighted by Gasteiger charge is 2.34. The van der Waals surface area contributed by atoms with Crippen molar-refractivity contribution in [2.45, 2.75) is 36.1 Å². The Hall–Kier alpha value is -3.73. The van der Waals surface area contributed by atoms with Crippen molar-refractivity contribution in [2.75, 3.05) is 37.8 Å². The van der Waals surface area contributed by atoms with Gasteiger partial charge in [0.15, 0.2) is 11.5 Å². The van der Waals surface area contributed by atoms with Gasteiger partial charge < -0.3 is 29.3 Å². The number of primary amides is 1. The Balaban J connectivity index is 1.53. The fraction of sp³-hybridized carbons (Fsp3) is 0.385. The molecule has 0 radical (unpaired) electrons. The molecule has 2 aliphatic heterocycles. The minimum atomic E-state index is -4.09. The predicted octanol–water partition coefficient (Wildman–Crippen LogP) is 3.44. The normalized spacial score (nSPS) is 16.0. The molecule has 0 unspecified atom stereocenters. The minimum Gasteiger partial charge on any atom is -0.494 e. The minimum absolute atomic E-state index is 0.0215. The summed E-state index contributed by atoms with van der Waals surface area (Å²) in [5.74, 6) is 1.26. The number of aromatic nitrogens is 1. The highest BCUT2D eigenvalue weighted by Crippen LogP contribution is 2.39. The maximum atomic E-state index is 13.8. The molecule has 5 rings (SSSR count). The zero-order chi connectivity index (χ0) is 26.0. The Morgan fingerprint density at radius 2 is 1.78 bits per heavy atom. The molecule has 1 amide bonds. The van der Waals surface area contributed by atoms with Gasteiger partial charge in [-0.15, -0.1) is 0 Å². The fourth-order valence-corrected chi connectivity index (χ4v) is 5.72. The first kappa shape index (κ1) is 24.9. The van der Waals surface area contributed by atoms with Crippen LogP contribution >= 0.6 is 0 Å². The van der Waals surface area contributed by atoms with Crippen molar-refractivity contribution >= 4 is 21.6 Å². The van der Waals surface area contributed by atoms with Crippen molar-refractivity contribution < 1.29 is 31.8 Å². The number of amides is 1. The Labute approximate surface area is 215 Å². The highest BCUT2D eigenvalue weighted by atomic mass is 32.2. The number of hydrogen-bond donors (Lipinski definition) is 1. The number of nitrogens with zero attached hydrogens (tertiary/aromatic N) is 2. The first-order chi connectivity index (χ1) is 17.9. The molecule has 10 nitrogen and oxygen atoms in total. The standard InChI is InChI=1S/C26H29N3O7S/c1-2-13-33-19-5-3-18(4-6-19)24-28-25(26(36-24)29-11-9-17(10-12-29)23(27)30)37(31,32)20-7-8-21-22(16-20)35-15-14-34-21/h3-8,16-17H,2,9-15H2,1H3,(H2,27,30). The van der Waals surface area contributed by atoms with E-state index in [1.54, 1.807) is 35.2 Å². The van der Waals surface area contributed by atoms with Crippen molar-refractivity contribution in [1.82, 2.24) is 4.98 Å². The van der Waals surface area contributed by atoms with Crippen LogP contribution in [0.4, 0.5) is 5.88 Å². The number of oxazole rings is 1. The first-order valence-corrected chi connectivity index (χ1v) is 13.8. The van der Waals surface area contributed by atoms with Crippen LogP contribution in [0.5, 0.6) is 17.2 Å². The molecule has 0 aliphatic carbocycles. The van der Waals surface area contributed by atoms with Crippen molar-refractivity contribution in [3.8, 4) is 28.7 Å². The number of benzene rings is 2. The Bertz CT molecular complexity index is 1380. The third-order valence-corrected chi connectivity index (χ3v) is 8.07. The SMILES string of the molecule is CCCOc1ccc(-c2nc(S(=O)(=O)c3ccc4c(c3)OCCO4)c(N3CCC(C(N)=O)CC3)o2)cc1. The number of nitrogens with two attached hydrogens (primary N) is 1. The summed E-state index contributed by atoms with van der Waals surface area (Å²) in [5.41, 5.74) is 6.10. The van der Waals surface area contributed by atoms with Crippen LogP contribution in [0, 0.1) is 5.92 Å². The van der Waals surface area contributed by atoms with E-state index in [0.29, 0.717) is 68.6 Å². The van der Waals surface area contributed by atoms with E-state index in [1.165, 1.54) is 12.1 Å². The van der Waals surface area contributed by atoms with Crippen molar-refractivity contribution in [1.29, 1.82) is 0 Å². The molecule has 0 saturated carbocycles. The number of fused-ring (bicyclic) bond motifs is 1. The van der Waals surface area contributed by atoms with Gasteiger partial charge in [0.2, 0.25) is 32.5 Å². The molecule has 2 N–H and O–H groups in total. The van der Waals surface area contributed by atoms with E-state index in [0.717, 1.165) is 6.42 Å². The van der Waals surface area contributed by atoms with Gasteiger partial charge in [0, 0.05) is 30.6 Å². The molecular weight excluding hydrogens is 498 g/mol. The largest absolute Gasteiger partial charge is 0.494 e. The van der Waals surface area contributed by atoms with Crippen LogP contribution in [0.15, 0.2) is 56.8 Å². The summed E-state index contributed by atoms with van der Waals surface area (Å²) in [6.07, 6.45) is 1.88. The lowest BCUT2D eigenvalue weighted by atomic mass is 9.96. The monoisotopic (exact) mass is 527 g/mol. The number of carbonyl (C=O) groups is 1. The number of sulfone groups is 1. The van der Waals surface area contributed by atoms with Crippen molar-refractivity contribution in [3.63, 3.8) is 0 Å². The van der Waals surface area contributed by atoms with Crippen LogP contribution in [0.2, 0.25) is 0 Å². The van der Waals surface area contributed by atoms with E-state index < -0.39 is 9.84 Å². The average molecular weight is 528 g/mol. The quantitative estimate of drug-likeness (QED) is 0.467. The van der Waals surface area contributed by atoms with E-state index in [-0.39, 0.29) is 33.5 Å². The van der Waals surface area contributed by atoms with Gasteiger partial charge in [0.25, 0.3) is 0 Å². The highest BCUT2D eigenvalue weighted by molar-refractivity contribution is 7.91. The Morgan fingerprint density at radius 3 is 2.46 bits per heavy atom. The number of piperidine rings is 1. The van der Waals surface area contributed by atoms with Crippen molar-refractivity contribution in [2.24, 2.45) is 11.7 Å². The molecule has 37 heavy (non-hydrogen) atoms. The second-order valence-corrected chi connectivity index (χ2v) is 10.8. The molecule has 196 valence electrons. The van der Waals surface area contributed by atoms with Crippen LogP contribution < -0.4 is 24.8 Å². The summed E-state index contributed by atoms with van der Waals surface area (Å²) in [6, 6.07) is 11.6. The second-order valence-electron chi connectivity index (χ2n) is 8.97. The number of hydrogen-bond acceptors (Lipinski definition) is 9. The van der Waals surface area contributed by atoms with Gasteiger partial charge in [-0.05, 0) is 55.7 Å². The summed E-state index contributed by atoms with van der Waals surface area (Å²) in [4.78, 5) is 17.9. The summed E-state index contributed by atoms with van der Waals surface area (Å²) in [5, 5.41) is -0.192. The van der Waals surface area contributed by atoms with Gasteiger partial charge in [0.1, 0.15) is 19.0 Å². The maximum Gasteiger partial charge on any atom is 0.236 e. The lowest BCUT2D eigenvalue weighted by Gasteiger charge is -2.30. The fourth-order valence-electron chi connectivity index (χ4n) is 4.38. The van der Waals surface area contributed by atoms with Crippen molar-refractivity contribution in [3.05, 3.63) is 42.5 Å². The van der Waals surface area contributed by atoms with Crippen LogP contribution in [0.25, 0.3) is 11.5 Å². The number of carbonyl (C=O) groups excluding carboxylic acids is 1. The van der Waals surface area contributed by atoms with Gasteiger partial charge in [-0.25, -0.2) is 8.42 Å². The zero-order valence-corrected chi connectivity index (χ0v) is 21.3. The lowest BCUT2D eigenvalue weighted by molar-refractivity contribution is -0.122. The number of ether oxygens (including phenoxy) is 3. The summed E-state index contributed by atoms with van der Waals surface area (Å²) >= 11 is 0. The average Bonchev–Trinajstić information content (AvgIpc) is 3.38. The van der Waals surface area contributed by atoms with Gasteiger partial charge >= 0.3 is 0 Å². The molecule has 0 atom stereocenters. The van der Waals surface area contributed by atoms with E-state index in [9.17, 15) is 13.2 Å². The first-order valence-electron chi connectivity index (χ1n) is 12.3. The van der Waals surface area contributed by atoms with E-state index in [1.807, 2.05) is 6.92 Å². The Morgan fingerprint density at radius 1 is 1.08 bits per heavy atom. The molecule has 0 spiro atoms. The smallest absolute Gasteiger partial charge is 0.236 e. The van der Waals surface area contributed by atoms with E-state index >= 15 is 0 Å². The summed E-state index contributed by atoms with van der Waals surface area (Å²) in [7, 11) is -4.09. The van der Waals surface area contributed by atoms with Crippen LogP contribution in [0.3, 0.4) is 0 Å². The molecule has 0 bridgehead atoms. The van der Waals surface area contributed by atoms with E-state index in [4.69, 9.17) is 24.4 Å². The predicted molar refractivity (Wildman–Crippen MR) is 135 cm³/mol. The molecule has 3 aromatic rings. The number of anilines is 1. The lowest BCUT2D eigenvalue weighted by Crippen LogP contribution is -2.38. The molecule has 11 heteroatoms. The zero-order valence-electron chi connectivity index (χ0n) is 20.5. The third kappa shape index (κ3) is 5.08. The topological polar surface area (TPSA) is 134 Å². The maximum absolute atomic E-state index is 13.8. The second kappa shape index (κ2) is 10.3. The van der Waals surface area contributed by atoms with Crippen LogP contribution in [-0.4, -0.2) is 52.2 Å². The molecule has 2 aromatic carbocycles. The summed E-state index contributed by atoms with van der Waals surface area (Å²) in [6.45, 7) is 4.19. The molecule has 2 aliphatic rings. The van der Waals surface area contributed by atoms with Gasteiger partial charge in [0.05, 0.1) is 11.5 Å². The summed E-state index contributed by atoms with van der Waals surface area (Å²) < 4.78 is 50.5. The van der Waals surface area contributed by atoms with Crippen LogP contribution in [-0.2, 0) is 14.6 Å². The van der Waals surface area contributed by atoms with Gasteiger partial charge in [-0.2, -0.15) is 4.98 Å². The third-order valence-electron chi connectivity index (χ3n) is 6.42.